The van der Waals surface area contributed by atoms with Crippen molar-refractivity contribution in [3.63, 3.8) is 0 Å². The van der Waals surface area contributed by atoms with Gasteiger partial charge in [0, 0.05) is 6.54 Å². The summed E-state index contributed by atoms with van der Waals surface area (Å²) >= 11 is 0. The van der Waals surface area contributed by atoms with Crippen LogP contribution in [0.25, 0.3) is 0 Å². The molecule has 2 aromatic carbocycles. The highest BCUT2D eigenvalue weighted by Crippen LogP contribution is 2.43. The topological polar surface area (TPSA) is 49.4 Å². The van der Waals surface area contributed by atoms with Crippen molar-refractivity contribution < 1.29 is 23.8 Å². The summed E-state index contributed by atoms with van der Waals surface area (Å²) in [6.07, 6.45) is -0.251. The molecule has 0 unspecified atom stereocenters. The number of nitrogens with zero attached hydrogens (tertiary/aromatic N) is 1. The second-order valence-corrected chi connectivity index (χ2v) is 16.5. The highest BCUT2D eigenvalue weighted by atomic mass is 28.3. The third kappa shape index (κ3) is 5.16. The van der Waals surface area contributed by atoms with E-state index in [2.05, 4.69) is 61.1 Å². The van der Waals surface area contributed by atoms with Crippen molar-refractivity contribution in [2.75, 3.05) is 0 Å². The first-order chi connectivity index (χ1) is 16.2. The lowest BCUT2D eigenvalue weighted by molar-refractivity contribution is -0.240. The van der Waals surface area contributed by atoms with Gasteiger partial charge in [-0.3, -0.25) is 4.84 Å². The molecule has 5 rings (SSSR count). The standard InChI is InChI=1S/C27H37NO5Si/c1-27(2)31-25-24(29-18-20-14-10-7-11-15-20)23(30-26(25)32-27)21-16-22(34(3,4)5)33-28(21)17-19-12-8-6-9-13-19/h6-15,21-26H,16-18H2,1-5H3/t21-,22+,23-,24+,25-,26-/m1/s1. The van der Waals surface area contributed by atoms with Crippen LogP contribution < -0.4 is 0 Å². The summed E-state index contributed by atoms with van der Waals surface area (Å²) in [5.74, 6) is -0.689. The van der Waals surface area contributed by atoms with Gasteiger partial charge in [0.1, 0.15) is 18.3 Å². The van der Waals surface area contributed by atoms with Crippen LogP contribution in [0.15, 0.2) is 60.7 Å². The summed E-state index contributed by atoms with van der Waals surface area (Å²) in [5.41, 5.74) is 2.57. The molecule has 0 N–H and O–H groups in total. The van der Waals surface area contributed by atoms with Crippen molar-refractivity contribution in [1.29, 1.82) is 0 Å². The summed E-state index contributed by atoms with van der Waals surface area (Å²) in [6.45, 7) is 12.2. The quantitative estimate of drug-likeness (QED) is 0.522. The van der Waals surface area contributed by atoms with E-state index in [9.17, 15) is 0 Å². The molecule has 3 heterocycles. The van der Waals surface area contributed by atoms with Gasteiger partial charge in [0.15, 0.2) is 12.1 Å². The van der Waals surface area contributed by atoms with E-state index < -0.39 is 20.2 Å². The molecule has 0 aromatic heterocycles. The first-order valence-electron chi connectivity index (χ1n) is 12.3. The van der Waals surface area contributed by atoms with Gasteiger partial charge in [0.2, 0.25) is 0 Å². The zero-order chi connectivity index (χ0) is 23.9. The minimum atomic E-state index is -1.54. The fraction of sp³-hybridized carbons (Fsp3) is 0.556. The average Bonchev–Trinajstić information content (AvgIpc) is 3.43. The maximum Gasteiger partial charge on any atom is 0.190 e. The van der Waals surface area contributed by atoms with Gasteiger partial charge in [0.05, 0.1) is 26.4 Å². The van der Waals surface area contributed by atoms with E-state index in [1.807, 2.05) is 38.1 Å². The molecule has 0 amide bonds. The van der Waals surface area contributed by atoms with Gasteiger partial charge in [-0.25, -0.2) is 0 Å². The van der Waals surface area contributed by atoms with E-state index >= 15 is 0 Å². The van der Waals surface area contributed by atoms with Crippen molar-refractivity contribution in [3.8, 4) is 0 Å². The molecule has 0 spiro atoms. The second kappa shape index (κ2) is 9.46. The molecule has 0 saturated carbocycles. The molecule has 0 radical (unpaired) electrons. The van der Waals surface area contributed by atoms with Crippen molar-refractivity contribution in [2.45, 2.75) is 95.2 Å². The van der Waals surface area contributed by atoms with Crippen LogP contribution in [-0.2, 0) is 36.9 Å². The summed E-state index contributed by atoms with van der Waals surface area (Å²) in [6, 6.07) is 20.8. The second-order valence-electron chi connectivity index (χ2n) is 11.2. The van der Waals surface area contributed by atoms with Crippen molar-refractivity contribution >= 4 is 8.07 Å². The fourth-order valence-corrected chi connectivity index (χ4v) is 6.52. The molecule has 7 heteroatoms. The van der Waals surface area contributed by atoms with Gasteiger partial charge < -0.3 is 18.9 Å². The van der Waals surface area contributed by atoms with Gasteiger partial charge >= 0.3 is 0 Å². The third-order valence-electron chi connectivity index (χ3n) is 6.93. The summed E-state index contributed by atoms with van der Waals surface area (Å²) < 4.78 is 25.5. The number of hydrogen-bond acceptors (Lipinski definition) is 6. The van der Waals surface area contributed by atoms with E-state index in [1.165, 1.54) is 5.56 Å². The van der Waals surface area contributed by atoms with Crippen LogP contribution in [0.5, 0.6) is 0 Å². The minimum absolute atomic E-state index is 0.0543. The van der Waals surface area contributed by atoms with Crippen LogP contribution >= 0.6 is 0 Å². The Morgan fingerprint density at radius 3 is 2.21 bits per heavy atom. The predicted octanol–water partition coefficient (Wildman–Crippen LogP) is 4.90. The van der Waals surface area contributed by atoms with E-state index in [4.69, 9.17) is 23.8 Å². The largest absolute Gasteiger partial charge is 0.368 e. The van der Waals surface area contributed by atoms with E-state index in [0.717, 1.165) is 12.0 Å². The molecule has 34 heavy (non-hydrogen) atoms. The first kappa shape index (κ1) is 24.1. The summed E-state index contributed by atoms with van der Waals surface area (Å²) in [4.78, 5) is 6.61. The lowest BCUT2D eigenvalue weighted by Crippen LogP contribution is -2.47. The highest BCUT2D eigenvalue weighted by molar-refractivity contribution is 6.77. The van der Waals surface area contributed by atoms with E-state index in [-0.39, 0.29) is 30.1 Å². The Bertz CT molecular complexity index is 950. The molecular weight excluding hydrogens is 446 g/mol. The van der Waals surface area contributed by atoms with Gasteiger partial charge in [-0.2, -0.15) is 5.06 Å². The Labute approximate surface area is 204 Å². The van der Waals surface area contributed by atoms with Crippen molar-refractivity contribution in [1.82, 2.24) is 5.06 Å². The monoisotopic (exact) mass is 483 g/mol. The zero-order valence-corrected chi connectivity index (χ0v) is 21.8. The Morgan fingerprint density at radius 1 is 0.912 bits per heavy atom. The number of rotatable bonds is 7. The average molecular weight is 484 g/mol. The van der Waals surface area contributed by atoms with E-state index in [1.54, 1.807) is 0 Å². The van der Waals surface area contributed by atoms with Crippen molar-refractivity contribution in [3.05, 3.63) is 71.8 Å². The summed E-state index contributed by atoms with van der Waals surface area (Å²) in [5, 5.41) is 2.13. The van der Waals surface area contributed by atoms with Crippen LogP contribution in [0.3, 0.4) is 0 Å². The first-order valence-corrected chi connectivity index (χ1v) is 15.9. The molecule has 3 saturated heterocycles. The Balaban J connectivity index is 1.40. The Kier molecular flexibility index (Phi) is 6.72. The number of benzene rings is 2. The molecular formula is C27H37NO5Si. The number of fused-ring (bicyclic) bond motifs is 1. The van der Waals surface area contributed by atoms with Crippen molar-refractivity contribution in [2.24, 2.45) is 0 Å². The Hall–Kier alpha value is -1.58. The molecule has 0 aliphatic carbocycles. The molecule has 0 bridgehead atoms. The zero-order valence-electron chi connectivity index (χ0n) is 20.8. The molecule has 6 atom stereocenters. The number of hydrogen-bond donors (Lipinski definition) is 0. The van der Waals surface area contributed by atoms with Crippen LogP contribution in [0.2, 0.25) is 19.6 Å². The predicted molar refractivity (Wildman–Crippen MR) is 132 cm³/mol. The molecule has 2 aromatic rings. The molecule has 6 nitrogen and oxygen atoms in total. The molecule has 3 aliphatic heterocycles. The van der Waals surface area contributed by atoms with Gasteiger partial charge in [-0.15, -0.1) is 0 Å². The fourth-order valence-electron chi connectivity index (χ4n) is 5.12. The number of ether oxygens (including phenoxy) is 4. The third-order valence-corrected chi connectivity index (χ3v) is 9.20. The van der Waals surface area contributed by atoms with Gasteiger partial charge in [-0.05, 0) is 31.4 Å². The lowest BCUT2D eigenvalue weighted by atomic mass is 10.0. The van der Waals surface area contributed by atoms with Crippen LogP contribution in [0, 0.1) is 0 Å². The SMILES string of the molecule is CC1(C)O[C@H]2O[C@H]([C@H]3C[C@H]([Si](C)(C)C)ON3Cc3ccccc3)[C@H](OCc3ccccc3)[C@H]2O1. The molecule has 184 valence electrons. The number of hydroxylamine groups is 2. The van der Waals surface area contributed by atoms with Crippen LogP contribution in [-0.4, -0.2) is 55.3 Å². The summed E-state index contributed by atoms with van der Waals surface area (Å²) in [7, 11) is -1.54. The van der Waals surface area contributed by atoms with Gasteiger partial charge in [0.25, 0.3) is 0 Å². The van der Waals surface area contributed by atoms with Gasteiger partial charge in [-0.1, -0.05) is 80.3 Å². The van der Waals surface area contributed by atoms with Crippen LogP contribution in [0.4, 0.5) is 0 Å². The Morgan fingerprint density at radius 2 is 1.56 bits per heavy atom. The van der Waals surface area contributed by atoms with E-state index in [0.29, 0.717) is 13.2 Å². The lowest BCUT2D eigenvalue weighted by Gasteiger charge is -2.32. The van der Waals surface area contributed by atoms with Crippen LogP contribution in [0.1, 0.15) is 31.4 Å². The maximum absolute atomic E-state index is 6.61. The smallest absolute Gasteiger partial charge is 0.190 e. The normalized spacial score (nSPS) is 33.3. The molecule has 3 fully saturated rings. The minimum Gasteiger partial charge on any atom is -0.368 e. The molecule has 3 aliphatic rings. The maximum atomic E-state index is 6.61. The highest BCUT2D eigenvalue weighted by Gasteiger charge is 2.59.